The number of nitrogens with zero attached hydrogens (tertiary/aromatic N) is 3. The Morgan fingerprint density at radius 3 is 2.81 bits per heavy atom. The van der Waals surface area contributed by atoms with Gasteiger partial charge in [-0.1, -0.05) is 20.8 Å². The van der Waals surface area contributed by atoms with Gasteiger partial charge in [0.1, 0.15) is 35.8 Å². The summed E-state index contributed by atoms with van der Waals surface area (Å²) in [6.07, 6.45) is -1.43. The van der Waals surface area contributed by atoms with E-state index in [2.05, 4.69) is 15.4 Å². The summed E-state index contributed by atoms with van der Waals surface area (Å²) in [5.41, 5.74) is -0.254. The van der Waals surface area contributed by atoms with Crippen LogP contribution in [0.4, 0.5) is 5.82 Å². The number of fused-ring (bicyclic) bond motifs is 1. The molecular formula is C21H32N4O6. The maximum atomic E-state index is 12.0. The van der Waals surface area contributed by atoms with Crippen LogP contribution in [0.2, 0.25) is 0 Å². The Balaban J connectivity index is 1.82. The molecule has 1 amide bonds. The molecule has 10 nitrogen and oxygen atoms in total. The van der Waals surface area contributed by atoms with Crippen molar-refractivity contribution in [1.82, 2.24) is 14.6 Å². The van der Waals surface area contributed by atoms with Crippen LogP contribution in [0, 0.1) is 5.92 Å². The summed E-state index contributed by atoms with van der Waals surface area (Å²) < 4.78 is 13.0. The van der Waals surface area contributed by atoms with E-state index in [0.29, 0.717) is 36.3 Å². The van der Waals surface area contributed by atoms with Gasteiger partial charge in [-0.2, -0.15) is 5.10 Å². The summed E-state index contributed by atoms with van der Waals surface area (Å²) in [5.74, 6) is 0.453. The monoisotopic (exact) mass is 436 g/mol. The summed E-state index contributed by atoms with van der Waals surface area (Å²) in [6, 6.07) is 3.44. The van der Waals surface area contributed by atoms with Crippen LogP contribution in [0.3, 0.4) is 0 Å². The Morgan fingerprint density at radius 1 is 1.39 bits per heavy atom. The maximum Gasteiger partial charge on any atom is 0.225 e. The van der Waals surface area contributed by atoms with E-state index in [4.69, 9.17) is 9.47 Å². The fourth-order valence-electron chi connectivity index (χ4n) is 3.83. The van der Waals surface area contributed by atoms with Gasteiger partial charge in [0.15, 0.2) is 12.1 Å². The molecule has 0 aromatic carbocycles. The van der Waals surface area contributed by atoms with E-state index in [1.807, 2.05) is 20.8 Å². The van der Waals surface area contributed by atoms with Crippen molar-refractivity contribution in [3.05, 3.63) is 24.2 Å². The number of anilines is 1. The Kier molecular flexibility index (Phi) is 7.28. The second-order valence-electron chi connectivity index (χ2n) is 8.54. The minimum atomic E-state index is -1.29. The molecule has 0 saturated carbocycles. The molecular weight excluding hydrogens is 404 g/mol. The van der Waals surface area contributed by atoms with Crippen molar-refractivity contribution in [2.45, 2.75) is 77.2 Å². The number of rotatable bonds is 9. The quantitative estimate of drug-likeness (QED) is 0.430. The Labute approximate surface area is 181 Å². The number of aliphatic hydroxyl groups is 3. The van der Waals surface area contributed by atoms with Crippen molar-refractivity contribution in [2.75, 3.05) is 11.9 Å². The minimum Gasteiger partial charge on any atom is -0.387 e. The van der Waals surface area contributed by atoms with Gasteiger partial charge in [0.25, 0.3) is 0 Å². The van der Waals surface area contributed by atoms with E-state index in [0.717, 1.165) is 0 Å². The number of aromatic nitrogens is 3. The van der Waals surface area contributed by atoms with Crippen molar-refractivity contribution in [3.8, 4) is 0 Å². The molecule has 31 heavy (non-hydrogen) atoms. The van der Waals surface area contributed by atoms with Crippen molar-refractivity contribution in [2.24, 2.45) is 5.92 Å². The number of carbonyl (C=O) groups is 1. The van der Waals surface area contributed by atoms with Gasteiger partial charge in [-0.15, -0.1) is 0 Å². The summed E-state index contributed by atoms with van der Waals surface area (Å²) in [6.45, 7) is 7.43. The van der Waals surface area contributed by atoms with Gasteiger partial charge in [-0.05, 0) is 31.4 Å². The predicted octanol–water partition coefficient (Wildman–Crippen LogP) is 1.18. The molecule has 1 aliphatic rings. The maximum absolute atomic E-state index is 12.0. The molecule has 1 unspecified atom stereocenters. The molecule has 172 valence electrons. The Bertz CT molecular complexity index is 903. The van der Waals surface area contributed by atoms with Crippen LogP contribution >= 0.6 is 0 Å². The first-order valence-corrected chi connectivity index (χ1v) is 10.6. The highest BCUT2D eigenvalue weighted by Gasteiger charge is 2.53. The molecule has 3 heterocycles. The zero-order chi connectivity index (χ0) is 22.8. The van der Waals surface area contributed by atoms with Crippen LogP contribution in [0.15, 0.2) is 18.5 Å². The molecule has 0 aliphatic carbocycles. The second kappa shape index (κ2) is 9.58. The number of hydrogen-bond acceptors (Lipinski definition) is 8. The zero-order valence-electron chi connectivity index (χ0n) is 18.4. The van der Waals surface area contributed by atoms with Crippen molar-refractivity contribution in [3.63, 3.8) is 0 Å². The van der Waals surface area contributed by atoms with Gasteiger partial charge in [0.05, 0.1) is 12.3 Å². The lowest BCUT2D eigenvalue weighted by Crippen LogP contribution is -2.39. The molecule has 5 atom stereocenters. The summed E-state index contributed by atoms with van der Waals surface area (Å²) in [7, 11) is 0. The van der Waals surface area contributed by atoms with E-state index in [-0.39, 0.29) is 18.4 Å². The lowest BCUT2D eigenvalue weighted by molar-refractivity contribution is -0.156. The first-order chi connectivity index (χ1) is 14.7. The molecule has 4 N–H and O–H groups in total. The lowest BCUT2D eigenvalue weighted by Gasteiger charge is -2.27. The number of carbonyl (C=O) groups excluding carboxylic acids is 1. The molecule has 1 saturated heterocycles. The Hall–Kier alpha value is -2.11. The number of amides is 1. The normalized spacial score (nSPS) is 27.2. The number of aliphatic hydroxyl groups excluding tert-OH is 3. The average Bonchev–Trinajstić information content (AvgIpc) is 3.23. The van der Waals surface area contributed by atoms with Gasteiger partial charge in [-0.25, -0.2) is 9.50 Å². The van der Waals surface area contributed by atoms with Gasteiger partial charge < -0.3 is 30.1 Å². The van der Waals surface area contributed by atoms with E-state index >= 15 is 0 Å². The summed E-state index contributed by atoms with van der Waals surface area (Å²) in [5, 5.41) is 38.3. The first kappa shape index (κ1) is 23.6. The van der Waals surface area contributed by atoms with Crippen LogP contribution in [0.1, 0.15) is 52.7 Å². The number of ether oxygens (including phenoxy) is 2. The van der Waals surface area contributed by atoms with Gasteiger partial charge in [-0.3, -0.25) is 4.79 Å². The van der Waals surface area contributed by atoms with E-state index < -0.39 is 30.2 Å². The number of nitrogens with one attached hydrogen (secondary N) is 1. The highest BCUT2D eigenvalue weighted by molar-refractivity contribution is 5.93. The number of hydrogen-bond donors (Lipinski definition) is 4. The lowest BCUT2D eigenvalue weighted by atomic mass is 9.93. The topological polar surface area (TPSA) is 138 Å². The highest BCUT2D eigenvalue weighted by atomic mass is 16.6. The summed E-state index contributed by atoms with van der Waals surface area (Å²) in [4.78, 5) is 16.1. The SMILES string of the molecule is CCCC(=O)Nc1ncnn2c([C@]3(C)O[C@H](COC(O)CC(C)C)[C@@H](O)[C@H]3O)ccc12. The molecule has 3 rings (SSSR count). The molecule has 0 spiro atoms. The standard InChI is InChI=1S/C21H32N4O6/c1-5-6-16(26)24-20-13-7-8-15(25(13)23-11-22-20)21(4)19(29)18(28)14(31-21)10-30-17(27)9-12(2)3/h7-8,11-12,14,17-19,27-29H,5-6,9-10H2,1-4H3,(H,22,23,24,26)/t14-,17?,18-,19-,21+/m1/s1. The van der Waals surface area contributed by atoms with E-state index in [1.54, 1.807) is 19.1 Å². The molecule has 10 heteroatoms. The second-order valence-corrected chi connectivity index (χ2v) is 8.54. The third-order valence-electron chi connectivity index (χ3n) is 5.49. The van der Waals surface area contributed by atoms with Crippen LogP contribution in [-0.4, -0.2) is 67.0 Å². The Morgan fingerprint density at radius 2 is 2.13 bits per heavy atom. The first-order valence-electron chi connectivity index (χ1n) is 10.6. The zero-order valence-corrected chi connectivity index (χ0v) is 18.4. The molecule has 0 radical (unpaired) electrons. The van der Waals surface area contributed by atoms with Gasteiger partial charge in [0.2, 0.25) is 5.91 Å². The third-order valence-corrected chi connectivity index (χ3v) is 5.49. The van der Waals surface area contributed by atoms with Crippen LogP contribution in [-0.2, 0) is 19.9 Å². The largest absolute Gasteiger partial charge is 0.387 e. The fourth-order valence-corrected chi connectivity index (χ4v) is 3.83. The van der Waals surface area contributed by atoms with Gasteiger partial charge >= 0.3 is 0 Å². The van der Waals surface area contributed by atoms with E-state index in [1.165, 1.54) is 10.8 Å². The molecule has 2 aromatic rings. The van der Waals surface area contributed by atoms with Crippen LogP contribution < -0.4 is 5.32 Å². The molecule has 1 fully saturated rings. The van der Waals surface area contributed by atoms with Crippen molar-refractivity contribution in [1.29, 1.82) is 0 Å². The van der Waals surface area contributed by atoms with Crippen LogP contribution in [0.25, 0.3) is 5.52 Å². The predicted molar refractivity (Wildman–Crippen MR) is 112 cm³/mol. The van der Waals surface area contributed by atoms with Crippen LogP contribution in [0.5, 0.6) is 0 Å². The molecule has 0 bridgehead atoms. The molecule has 1 aliphatic heterocycles. The van der Waals surface area contributed by atoms with Crippen molar-refractivity contribution >= 4 is 17.2 Å². The van der Waals surface area contributed by atoms with E-state index in [9.17, 15) is 20.1 Å². The fraction of sp³-hybridized carbons (Fsp3) is 0.667. The molecule has 2 aromatic heterocycles. The smallest absolute Gasteiger partial charge is 0.225 e. The average molecular weight is 437 g/mol. The third kappa shape index (κ3) is 4.88. The summed E-state index contributed by atoms with van der Waals surface area (Å²) >= 11 is 0. The van der Waals surface area contributed by atoms with Crippen molar-refractivity contribution < 1.29 is 29.6 Å². The minimum absolute atomic E-state index is 0.0711. The van der Waals surface area contributed by atoms with Gasteiger partial charge in [0, 0.05) is 12.8 Å². The highest BCUT2D eigenvalue weighted by Crippen LogP contribution is 2.40.